The first-order chi connectivity index (χ1) is 11.6. The monoisotopic (exact) mass is 404 g/mol. The van der Waals surface area contributed by atoms with Crippen LogP contribution in [0.4, 0.5) is 0 Å². The van der Waals surface area contributed by atoms with Crippen LogP contribution in [-0.2, 0) is 6.61 Å². The predicted octanol–water partition coefficient (Wildman–Crippen LogP) is 5.15. The minimum atomic E-state index is 0.340. The lowest BCUT2D eigenvalue weighted by Gasteiger charge is -2.08. The molecule has 0 saturated heterocycles. The largest absolute Gasteiger partial charge is 0.497 e. The van der Waals surface area contributed by atoms with E-state index in [-0.39, 0.29) is 0 Å². The van der Waals surface area contributed by atoms with Crippen LogP contribution in [0.1, 0.15) is 5.56 Å². The number of hydrogen-bond donors (Lipinski definition) is 0. The van der Waals surface area contributed by atoms with E-state index in [4.69, 9.17) is 21.1 Å². The van der Waals surface area contributed by atoms with Gasteiger partial charge < -0.3 is 9.47 Å². The van der Waals surface area contributed by atoms with Crippen LogP contribution in [0.5, 0.6) is 11.6 Å². The molecular weight excluding hydrogens is 392 g/mol. The Kier molecular flexibility index (Phi) is 5.33. The molecule has 0 radical (unpaired) electrons. The molecule has 0 N–H and O–H groups in total. The Balaban J connectivity index is 1.76. The van der Waals surface area contributed by atoms with Crippen LogP contribution in [0.15, 0.2) is 59.1 Å². The van der Waals surface area contributed by atoms with E-state index in [1.54, 1.807) is 13.2 Å². The summed E-state index contributed by atoms with van der Waals surface area (Å²) >= 11 is 9.50. The highest BCUT2D eigenvalue weighted by Gasteiger charge is 2.07. The average molecular weight is 406 g/mol. The fraction of sp³-hybridized carbons (Fsp3) is 0.111. The molecule has 3 aromatic rings. The number of methoxy groups -OCH3 is 1. The van der Waals surface area contributed by atoms with Gasteiger partial charge in [-0.1, -0.05) is 51.8 Å². The minimum Gasteiger partial charge on any atom is -0.497 e. The molecule has 4 nitrogen and oxygen atoms in total. The van der Waals surface area contributed by atoms with E-state index in [1.165, 1.54) is 0 Å². The summed E-state index contributed by atoms with van der Waals surface area (Å²) in [5.41, 5.74) is 1.88. The van der Waals surface area contributed by atoms with Crippen molar-refractivity contribution in [1.29, 1.82) is 0 Å². The van der Waals surface area contributed by atoms with E-state index in [2.05, 4.69) is 25.9 Å². The number of aromatic nitrogens is 2. The van der Waals surface area contributed by atoms with Gasteiger partial charge in [0.15, 0.2) is 5.82 Å². The third-order valence-electron chi connectivity index (χ3n) is 3.32. The SMILES string of the molecule is COc1ccc(COc2cc(Cl)nc(-c3ccc(Br)cc3)n2)cc1. The molecule has 0 spiro atoms. The molecule has 6 heteroatoms. The Hall–Kier alpha value is -2.11. The highest BCUT2D eigenvalue weighted by Crippen LogP contribution is 2.23. The molecule has 2 aromatic carbocycles. The Bertz CT molecular complexity index is 823. The summed E-state index contributed by atoms with van der Waals surface area (Å²) in [6.45, 7) is 0.386. The normalized spacial score (nSPS) is 10.5. The van der Waals surface area contributed by atoms with Gasteiger partial charge in [-0.25, -0.2) is 4.98 Å². The smallest absolute Gasteiger partial charge is 0.218 e. The topological polar surface area (TPSA) is 44.2 Å². The van der Waals surface area contributed by atoms with Crippen LogP contribution in [-0.4, -0.2) is 17.1 Å². The van der Waals surface area contributed by atoms with E-state index in [0.29, 0.717) is 23.5 Å². The zero-order valence-electron chi connectivity index (χ0n) is 12.9. The quantitative estimate of drug-likeness (QED) is 0.551. The summed E-state index contributed by atoms with van der Waals surface area (Å²) < 4.78 is 11.9. The first-order valence-electron chi connectivity index (χ1n) is 7.20. The van der Waals surface area contributed by atoms with Crippen molar-refractivity contribution < 1.29 is 9.47 Å². The molecule has 0 unspecified atom stereocenters. The van der Waals surface area contributed by atoms with Gasteiger partial charge in [-0.05, 0) is 29.8 Å². The molecule has 24 heavy (non-hydrogen) atoms. The van der Waals surface area contributed by atoms with Gasteiger partial charge >= 0.3 is 0 Å². The maximum atomic E-state index is 6.10. The van der Waals surface area contributed by atoms with Gasteiger partial charge in [0, 0.05) is 16.1 Å². The Labute approximate surface area is 153 Å². The van der Waals surface area contributed by atoms with Crippen molar-refractivity contribution in [2.24, 2.45) is 0 Å². The van der Waals surface area contributed by atoms with Crippen molar-refractivity contribution in [1.82, 2.24) is 9.97 Å². The Morgan fingerprint density at radius 1 is 1.00 bits per heavy atom. The number of nitrogens with zero attached hydrogens (tertiary/aromatic N) is 2. The third kappa shape index (κ3) is 4.24. The molecule has 3 rings (SSSR count). The van der Waals surface area contributed by atoms with Crippen LogP contribution in [0.25, 0.3) is 11.4 Å². The molecular formula is C18H14BrClN2O2. The van der Waals surface area contributed by atoms with Gasteiger partial charge in [0.1, 0.15) is 17.5 Å². The summed E-state index contributed by atoms with van der Waals surface area (Å²) in [6, 6.07) is 17.0. The molecule has 122 valence electrons. The van der Waals surface area contributed by atoms with Crippen molar-refractivity contribution in [3.8, 4) is 23.0 Å². The molecule has 0 aliphatic heterocycles. The summed E-state index contributed by atoms with van der Waals surface area (Å²) in [7, 11) is 1.64. The van der Waals surface area contributed by atoms with Crippen molar-refractivity contribution in [3.05, 3.63) is 69.8 Å². The Morgan fingerprint density at radius 2 is 1.71 bits per heavy atom. The molecule has 0 amide bonds. The van der Waals surface area contributed by atoms with E-state index in [0.717, 1.165) is 21.3 Å². The first kappa shape index (κ1) is 16.7. The van der Waals surface area contributed by atoms with Gasteiger partial charge in [-0.15, -0.1) is 0 Å². The van der Waals surface area contributed by atoms with E-state index in [9.17, 15) is 0 Å². The lowest BCUT2D eigenvalue weighted by atomic mass is 10.2. The van der Waals surface area contributed by atoms with E-state index >= 15 is 0 Å². The number of rotatable bonds is 5. The van der Waals surface area contributed by atoms with Gasteiger partial charge in [-0.2, -0.15) is 4.98 Å². The van der Waals surface area contributed by atoms with E-state index in [1.807, 2.05) is 48.5 Å². The molecule has 0 aliphatic rings. The second-order valence-electron chi connectivity index (χ2n) is 5.00. The molecule has 0 fully saturated rings. The van der Waals surface area contributed by atoms with Crippen LogP contribution in [0.3, 0.4) is 0 Å². The highest BCUT2D eigenvalue weighted by molar-refractivity contribution is 9.10. The number of hydrogen-bond acceptors (Lipinski definition) is 4. The van der Waals surface area contributed by atoms with Crippen LogP contribution >= 0.6 is 27.5 Å². The van der Waals surface area contributed by atoms with Crippen molar-refractivity contribution in [2.75, 3.05) is 7.11 Å². The second kappa shape index (κ2) is 7.64. The van der Waals surface area contributed by atoms with Crippen molar-refractivity contribution in [3.63, 3.8) is 0 Å². The van der Waals surface area contributed by atoms with Crippen molar-refractivity contribution in [2.45, 2.75) is 6.61 Å². The predicted molar refractivity (Wildman–Crippen MR) is 97.5 cm³/mol. The summed E-state index contributed by atoms with van der Waals surface area (Å²) in [4.78, 5) is 8.68. The molecule has 0 atom stereocenters. The molecule has 0 saturated carbocycles. The summed E-state index contributed by atoms with van der Waals surface area (Å²) in [6.07, 6.45) is 0. The summed E-state index contributed by atoms with van der Waals surface area (Å²) in [5.74, 6) is 1.77. The Morgan fingerprint density at radius 3 is 2.38 bits per heavy atom. The molecule has 1 heterocycles. The maximum Gasteiger partial charge on any atom is 0.218 e. The second-order valence-corrected chi connectivity index (χ2v) is 6.30. The fourth-order valence-corrected chi connectivity index (χ4v) is 2.52. The fourth-order valence-electron chi connectivity index (χ4n) is 2.08. The van der Waals surface area contributed by atoms with Gasteiger partial charge in [0.05, 0.1) is 7.11 Å². The number of ether oxygens (including phenoxy) is 2. The molecule has 0 bridgehead atoms. The number of benzene rings is 2. The third-order valence-corrected chi connectivity index (χ3v) is 4.04. The van der Waals surface area contributed by atoms with E-state index < -0.39 is 0 Å². The van der Waals surface area contributed by atoms with Gasteiger partial charge in [0.25, 0.3) is 0 Å². The van der Waals surface area contributed by atoms with Gasteiger partial charge in [-0.3, -0.25) is 0 Å². The average Bonchev–Trinajstić information content (AvgIpc) is 2.60. The van der Waals surface area contributed by atoms with Crippen LogP contribution in [0.2, 0.25) is 5.15 Å². The van der Waals surface area contributed by atoms with Crippen LogP contribution < -0.4 is 9.47 Å². The van der Waals surface area contributed by atoms with Crippen molar-refractivity contribution >= 4 is 27.5 Å². The zero-order valence-corrected chi connectivity index (χ0v) is 15.2. The molecule has 1 aromatic heterocycles. The standard InChI is InChI=1S/C18H14BrClN2O2/c1-23-15-8-2-12(3-9-15)11-24-17-10-16(20)21-18(22-17)13-4-6-14(19)7-5-13/h2-10H,11H2,1H3. The zero-order chi connectivity index (χ0) is 16.9. The highest BCUT2D eigenvalue weighted by atomic mass is 79.9. The van der Waals surface area contributed by atoms with Crippen LogP contribution in [0, 0.1) is 0 Å². The first-order valence-corrected chi connectivity index (χ1v) is 8.37. The lowest BCUT2D eigenvalue weighted by molar-refractivity contribution is 0.293. The number of halogens is 2. The summed E-state index contributed by atoms with van der Waals surface area (Å²) in [5, 5.41) is 0.340. The molecule has 0 aliphatic carbocycles. The lowest BCUT2D eigenvalue weighted by Crippen LogP contribution is -2.00. The maximum absolute atomic E-state index is 6.10. The minimum absolute atomic E-state index is 0.340. The van der Waals surface area contributed by atoms with Gasteiger partial charge in [0.2, 0.25) is 5.88 Å².